The molecule has 0 atom stereocenters. The minimum Gasteiger partial charge on any atom is -0.457 e. The molecule has 4 N–H and O–H groups in total. The van der Waals surface area contributed by atoms with Gasteiger partial charge in [-0.15, -0.1) is 24.8 Å². The van der Waals surface area contributed by atoms with E-state index in [4.69, 9.17) is 10.5 Å². The summed E-state index contributed by atoms with van der Waals surface area (Å²) in [5.74, 6) is 0.626. The Bertz CT molecular complexity index is 886. The number of aromatic nitrogens is 1. The van der Waals surface area contributed by atoms with Gasteiger partial charge in [0.1, 0.15) is 17.2 Å². The molecular formula is C21H28Cl2N4O3. The summed E-state index contributed by atoms with van der Waals surface area (Å²) in [6.45, 7) is 1.91. The van der Waals surface area contributed by atoms with Crippen molar-refractivity contribution in [3.63, 3.8) is 0 Å². The van der Waals surface area contributed by atoms with Crippen molar-refractivity contribution in [1.82, 2.24) is 10.3 Å². The molecule has 9 heteroatoms. The molecule has 1 fully saturated rings. The van der Waals surface area contributed by atoms with Crippen LogP contribution < -0.4 is 21.1 Å². The monoisotopic (exact) mass is 454 g/mol. The van der Waals surface area contributed by atoms with E-state index in [1.807, 2.05) is 19.1 Å². The maximum absolute atomic E-state index is 12.7. The topological polar surface area (TPSA) is 106 Å². The molecule has 0 bridgehead atoms. The second kappa shape index (κ2) is 11.2. The van der Waals surface area contributed by atoms with Crippen molar-refractivity contribution in [3.05, 3.63) is 47.8 Å². The third kappa shape index (κ3) is 6.08. The normalized spacial score (nSPS) is 14.5. The maximum Gasteiger partial charge on any atom is 0.269 e. The predicted octanol–water partition coefficient (Wildman–Crippen LogP) is 3.99. The van der Waals surface area contributed by atoms with Crippen molar-refractivity contribution >= 4 is 42.3 Å². The number of aryl methyl sites for hydroxylation is 1. The van der Waals surface area contributed by atoms with E-state index in [0.717, 1.165) is 24.8 Å². The number of pyridine rings is 1. The zero-order valence-corrected chi connectivity index (χ0v) is 18.7. The van der Waals surface area contributed by atoms with E-state index in [2.05, 4.69) is 15.6 Å². The maximum atomic E-state index is 12.7. The largest absolute Gasteiger partial charge is 0.457 e. The SMILES string of the molecule is CNC(=O)c1cc(Oc2cc(NC(=O)C3(N)CCCCC3)ccc2C)ccn1.Cl.Cl. The van der Waals surface area contributed by atoms with Crippen LogP contribution in [0.4, 0.5) is 5.69 Å². The van der Waals surface area contributed by atoms with Crippen LogP contribution in [-0.4, -0.2) is 29.4 Å². The molecular weight excluding hydrogens is 427 g/mol. The number of carbonyl (C=O) groups is 2. The van der Waals surface area contributed by atoms with Crippen LogP contribution in [0.1, 0.15) is 48.2 Å². The smallest absolute Gasteiger partial charge is 0.269 e. The van der Waals surface area contributed by atoms with E-state index in [0.29, 0.717) is 30.0 Å². The Morgan fingerprint density at radius 2 is 1.80 bits per heavy atom. The van der Waals surface area contributed by atoms with Gasteiger partial charge in [-0.05, 0) is 37.5 Å². The van der Waals surface area contributed by atoms with Gasteiger partial charge in [-0.1, -0.05) is 25.3 Å². The van der Waals surface area contributed by atoms with Crippen molar-refractivity contribution in [2.45, 2.75) is 44.6 Å². The van der Waals surface area contributed by atoms with Gasteiger partial charge in [-0.2, -0.15) is 0 Å². The van der Waals surface area contributed by atoms with Gasteiger partial charge in [0.05, 0.1) is 5.54 Å². The van der Waals surface area contributed by atoms with Crippen LogP contribution in [-0.2, 0) is 4.79 Å². The van der Waals surface area contributed by atoms with E-state index < -0.39 is 5.54 Å². The van der Waals surface area contributed by atoms with E-state index in [9.17, 15) is 9.59 Å². The highest BCUT2D eigenvalue weighted by molar-refractivity contribution is 5.98. The molecule has 0 spiro atoms. The number of benzene rings is 1. The van der Waals surface area contributed by atoms with Crippen LogP contribution in [0.25, 0.3) is 0 Å². The Balaban J connectivity index is 0.00000225. The lowest BCUT2D eigenvalue weighted by Gasteiger charge is -2.31. The van der Waals surface area contributed by atoms with Gasteiger partial charge < -0.3 is 21.1 Å². The summed E-state index contributed by atoms with van der Waals surface area (Å²) in [6.07, 6.45) is 5.99. The number of hydrogen-bond donors (Lipinski definition) is 3. The third-order valence-electron chi connectivity index (χ3n) is 5.06. The first-order valence-electron chi connectivity index (χ1n) is 9.48. The first kappa shape index (κ1) is 25.7. The van der Waals surface area contributed by atoms with E-state index in [1.165, 1.54) is 6.20 Å². The number of nitrogens with two attached hydrogens (primary N) is 1. The van der Waals surface area contributed by atoms with Gasteiger partial charge in [-0.3, -0.25) is 14.6 Å². The number of hydrogen-bond acceptors (Lipinski definition) is 5. The molecule has 7 nitrogen and oxygen atoms in total. The number of ether oxygens (including phenoxy) is 1. The standard InChI is InChI=1S/C21H26N4O3.2ClH/c1-14-6-7-15(25-20(27)21(22)9-4-3-5-10-21)12-18(14)28-16-8-11-24-17(13-16)19(26)23-2;;/h6-8,11-13H,3-5,9-10,22H2,1-2H3,(H,23,26)(H,25,27);2*1H. The van der Waals surface area contributed by atoms with Crippen molar-refractivity contribution in [3.8, 4) is 11.5 Å². The van der Waals surface area contributed by atoms with E-state index >= 15 is 0 Å². The molecule has 1 heterocycles. The zero-order chi connectivity index (χ0) is 20.1. The summed E-state index contributed by atoms with van der Waals surface area (Å²) in [5.41, 5.74) is 7.30. The lowest BCUT2D eigenvalue weighted by molar-refractivity contribution is -0.122. The molecule has 1 aromatic heterocycles. The van der Waals surface area contributed by atoms with Crippen molar-refractivity contribution in [2.75, 3.05) is 12.4 Å². The molecule has 1 aromatic carbocycles. The number of carbonyl (C=O) groups excluding carboxylic acids is 2. The summed E-state index contributed by atoms with van der Waals surface area (Å²) in [6, 6.07) is 8.71. The quantitative estimate of drug-likeness (QED) is 0.632. The molecule has 0 radical (unpaired) electrons. The molecule has 2 aromatic rings. The number of nitrogens with zero attached hydrogens (tertiary/aromatic N) is 1. The van der Waals surface area contributed by atoms with Gasteiger partial charge >= 0.3 is 0 Å². The van der Waals surface area contributed by atoms with Crippen LogP contribution in [0.2, 0.25) is 0 Å². The molecule has 30 heavy (non-hydrogen) atoms. The molecule has 2 amide bonds. The fourth-order valence-corrected chi connectivity index (χ4v) is 3.31. The lowest BCUT2D eigenvalue weighted by atomic mass is 9.82. The highest BCUT2D eigenvalue weighted by Gasteiger charge is 2.35. The lowest BCUT2D eigenvalue weighted by Crippen LogP contribution is -2.52. The van der Waals surface area contributed by atoms with Gasteiger partial charge in [0.2, 0.25) is 5.91 Å². The molecule has 1 aliphatic carbocycles. The fourth-order valence-electron chi connectivity index (χ4n) is 3.31. The number of rotatable bonds is 5. The van der Waals surface area contributed by atoms with Crippen LogP contribution in [0.15, 0.2) is 36.5 Å². The Morgan fingerprint density at radius 1 is 1.10 bits per heavy atom. The minimum atomic E-state index is -0.808. The average molecular weight is 455 g/mol. The second-order valence-electron chi connectivity index (χ2n) is 7.21. The van der Waals surface area contributed by atoms with Crippen molar-refractivity contribution in [1.29, 1.82) is 0 Å². The molecule has 1 saturated carbocycles. The summed E-state index contributed by atoms with van der Waals surface area (Å²) in [5, 5.41) is 5.46. The number of anilines is 1. The molecule has 0 unspecified atom stereocenters. The number of nitrogens with one attached hydrogen (secondary N) is 2. The fraction of sp³-hybridized carbons (Fsp3) is 0.381. The predicted molar refractivity (Wildman–Crippen MR) is 122 cm³/mol. The van der Waals surface area contributed by atoms with Crippen LogP contribution in [0.5, 0.6) is 11.5 Å². The number of amides is 2. The second-order valence-corrected chi connectivity index (χ2v) is 7.21. The van der Waals surface area contributed by atoms with Crippen LogP contribution in [0, 0.1) is 6.92 Å². The molecule has 0 aliphatic heterocycles. The highest BCUT2D eigenvalue weighted by atomic mass is 35.5. The average Bonchev–Trinajstić information content (AvgIpc) is 2.70. The summed E-state index contributed by atoms with van der Waals surface area (Å²) in [4.78, 5) is 28.4. The first-order valence-corrected chi connectivity index (χ1v) is 9.48. The Labute approximate surface area is 189 Å². The summed E-state index contributed by atoms with van der Waals surface area (Å²) >= 11 is 0. The summed E-state index contributed by atoms with van der Waals surface area (Å²) < 4.78 is 5.93. The van der Waals surface area contributed by atoms with Gasteiger partial charge in [0, 0.05) is 31.1 Å². The Kier molecular flexibility index (Phi) is 9.55. The van der Waals surface area contributed by atoms with E-state index in [1.54, 1.807) is 25.2 Å². The van der Waals surface area contributed by atoms with Crippen LogP contribution >= 0.6 is 24.8 Å². The number of halogens is 2. The Morgan fingerprint density at radius 3 is 2.47 bits per heavy atom. The van der Waals surface area contributed by atoms with Gasteiger partial charge in [0.15, 0.2) is 0 Å². The molecule has 3 rings (SSSR count). The third-order valence-corrected chi connectivity index (χ3v) is 5.06. The zero-order valence-electron chi connectivity index (χ0n) is 17.1. The van der Waals surface area contributed by atoms with Gasteiger partial charge in [0.25, 0.3) is 5.91 Å². The van der Waals surface area contributed by atoms with Crippen molar-refractivity contribution in [2.24, 2.45) is 5.73 Å². The Hall–Kier alpha value is -2.35. The molecule has 0 saturated heterocycles. The minimum absolute atomic E-state index is 0. The van der Waals surface area contributed by atoms with E-state index in [-0.39, 0.29) is 42.3 Å². The first-order chi connectivity index (χ1) is 13.4. The molecule has 1 aliphatic rings. The highest BCUT2D eigenvalue weighted by Crippen LogP contribution is 2.30. The van der Waals surface area contributed by atoms with Gasteiger partial charge in [-0.25, -0.2) is 0 Å². The molecule has 164 valence electrons. The van der Waals surface area contributed by atoms with Crippen LogP contribution in [0.3, 0.4) is 0 Å². The summed E-state index contributed by atoms with van der Waals surface area (Å²) in [7, 11) is 1.55. The van der Waals surface area contributed by atoms with Crippen molar-refractivity contribution < 1.29 is 14.3 Å².